The molecule has 0 aromatic carbocycles. The molecule has 1 aliphatic rings. The Hall–Kier alpha value is -1.07. The highest BCUT2D eigenvalue weighted by atomic mass is 16.5. The number of likely N-dealkylation sites (N-methyl/N-ethyl adjacent to an activating group) is 1. The first kappa shape index (κ1) is 15.3. The molecule has 0 amide bonds. The second kappa shape index (κ2) is 6.59. The summed E-state index contributed by atoms with van der Waals surface area (Å²) in [5, 5.41) is 4.56. The van der Waals surface area contributed by atoms with Crippen LogP contribution in [0.25, 0.3) is 0 Å². The molecule has 20 heavy (non-hydrogen) atoms. The van der Waals surface area contributed by atoms with Crippen LogP contribution in [0.15, 0.2) is 0 Å². The Morgan fingerprint density at radius 1 is 1.50 bits per heavy atom. The fourth-order valence-electron chi connectivity index (χ4n) is 3.07. The lowest BCUT2D eigenvalue weighted by molar-refractivity contribution is 0.0214. The van der Waals surface area contributed by atoms with Crippen LogP contribution in [0.3, 0.4) is 0 Å². The maximum atomic E-state index is 5.98. The van der Waals surface area contributed by atoms with Crippen molar-refractivity contribution < 1.29 is 4.74 Å². The monoisotopic (exact) mass is 280 g/mol. The Balaban J connectivity index is 2.13. The van der Waals surface area contributed by atoms with E-state index in [1.54, 1.807) is 0 Å². The lowest BCUT2D eigenvalue weighted by Gasteiger charge is -2.29. The van der Waals surface area contributed by atoms with E-state index in [-0.39, 0.29) is 6.04 Å². The zero-order chi connectivity index (χ0) is 14.7. The molecule has 0 bridgehead atoms. The molecular weight excluding hydrogens is 252 g/mol. The average molecular weight is 280 g/mol. The molecule has 1 saturated heterocycles. The predicted molar refractivity (Wildman–Crippen MR) is 82.2 cm³/mol. The third-order valence-electron chi connectivity index (χ3n) is 3.95. The maximum absolute atomic E-state index is 5.98. The minimum atomic E-state index is 0.149. The number of rotatable bonds is 5. The van der Waals surface area contributed by atoms with Gasteiger partial charge in [-0.1, -0.05) is 0 Å². The minimum Gasteiger partial charge on any atom is -0.376 e. The summed E-state index contributed by atoms with van der Waals surface area (Å²) in [5.41, 5.74) is 8.32. The molecule has 1 fully saturated rings. The Morgan fingerprint density at radius 3 is 2.85 bits per heavy atom. The first-order chi connectivity index (χ1) is 9.49. The quantitative estimate of drug-likeness (QED) is 0.890. The molecule has 1 aromatic rings. The molecule has 5 heteroatoms. The standard InChI is InChI=1S/C15H28N4O/c1-11(16)9-14-12(2)17-19(4)15(14)18(3)10-13-7-5-6-8-20-13/h11,13H,5-10,16H2,1-4H3. The highest BCUT2D eigenvalue weighted by Gasteiger charge is 2.22. The van der Waals surface area contributed by atoms with Gasteiger partial charge in [-0.15, -0.1) is 0 Å². The van der Waals surface area contributed by atoms with E-state index in [4.69, 9.17) is 10.5 Å². The molecule has 2 N–H and O–H groups in total. The number of hydrogen-bond donors (Lipinski definition) is 1. The summed E-state index contributed by atoms with van der Waals surface area (Å²) in [5.74, 6) is 1.17. The molecule has 2 atom stereocenters. The van der Waals surface area contributed by atoms with Crippen molar-refractivity contribution in [1.82, 2.24) is 9.78 Å². The maximum Gasteiger partial charge on any atom is 0.129 e. The van der Waals surface area contributed by atoms with E-state index in [1.807, 2.05) is 18.7 Å². The van der Waals surface area contributed by atoms with Crippen LogP contribution in [-0.2, 0) is 18.2 Å². The van der Waals surface area contributed by atoms with Gasteiger partial charge in [0.1, 0.15) is 5.82 Å². The zero-order valence-electron chi connectivity index (χ0n) is 13.2. The summed E-state index contributed by atoms with van der Waals surface area (Å²) < 4.78 is 7.81. The van der Waals surface area contributed by atoms with E-state index < -0.39 is 0 Å². The van der Waals surface area contributed by atoms with Gasteiger partial charge in [-0.2, -0.15) is 5.10 Å². The van der Waals surface area contributed by atoms with Crippen molar-refractivity contribution in [3.8, 4) is 0 Å². The third-order valence-corrected chi connectivity index (χ3v) is 3.95. The average Bonchev–Trinajstić information content (AvgIpc) is 2.64. The number of aryl methyl sites for hydroxylation is 2. The van der Waals surface area contributed by atoms with E-state index in [2.05, 4.69) is 24.0 Å². The van der Waals surface area contributed by atoms with Gasteiger partial charge in [-0.25, -0.2) is 0 Å². The SMILES string of the molecule is Cc1nn(C)c(N(C)CC2CCCCO2)c1CC(C)N. The smallest absolute Gasteiger partial charge is 0.129 e. The van der Waals surface area contributed by atoms with Crippen LogP contribution >= 0.6 is 0 Å². The molecular formula is C15H28N4O. The molecule has 1 aromatic heterocycles. The Bertz CT molecular complexity index is 435. The summed E-state index contributed by atoms with van der Waals surface area (Å²) in [4.78, 5) is 2.27. The highest BCUT2D eigenvalue weighted by Crippen LogP contribution is 2.25. The van der Waals surface area contributed by atoms with Crippen molar-refractivity contribution in [1.29, 1.82) is 0 Å². The molecule has 2 rings (SSSR count). The Morgan fingerprint density at radius 2 is 2.25 bits per heavy atom. The van der Waals surface area contributed by atoms with Gasteiger partial charge in [0.25, 0.3) is 0 Å². The number of nitrogens with zero attached hydrogens (tertiary/aromatic N) is 3. The van der Waals surface area contributed by atoms with E-state index in [0.29, 0.717) is 6.10 Å². The van der Waals surface area contributed by atoms with Gasteiger partial charge in [0.2, 0.25) is 0 Å². The van der Waals surface area contributed by atoms with Crippen LogP contribution in [0.2, 0.25) is 0 Å². The molecule has 0 spiro atoms. The number of nitrogens with two attached hydrogens (primary N) is 1. The molecule has 5 nitrogen and oxygen atoms in total. The lowest BCUT2D eigenvalue weighted by Crippen LogP contribution is -2.35. The Labute approximate surface area is 122 Å². The normalized spacial score (nSPS) is 20.9. The van der Waals surface area contributed by atoms with Gasteiger partial charge >= 0.3 is 0 Å². The van der Waals surface area contributed by atoms with Crippen molar-refractivity contribution in [2.24, 2.45) is 12.8 Å². The van der Waals surface area contributed by atoms with Crippen LogP contribution in [-0.4, -0.2) is 42.1 Å². The van der Waals surface area contributed by atoms with Crippen molar-refractivity contribution >= 4 is 5.82 Å². The van der Waals surface area contributed by atoms with Crippen molar-refractivity contribution in [3.63, 3.8) is 0 Å². The van der Waals surface area contributed by atoms with Crippen LogP contribution in [0.5, 0.6) is 0 Å². The summed E-state index contributed by atoms with van der Waals surface area (Å²) in [6.07, 6.45) is 4.83. The second-order valence-corrected chi connectivity index (χ2v) is 6.06. The Kier molecular flexibility index (Phi) is 5.05. The van der Waals surface area contributed by atoms with Crippen LogP contribution in [0.1, 0.15) is 37.4 Å². The summed E-state index contributed by atoms with van der Waals surface area (Å²) in [7, 11) is 4.13. The minimum absolute atomic E-state index is 0.149. The van der Waals surface area contributed by atoms with E-state index in [9.17, 15) is 0 Å². The summed E-state index contributed by atoms with van der Waals surface area (Å²) in [6.45, 7) is 5.92. The molecule has 114 valence electrons. The van der Waals surface area contributed by atoms with Crippen molar-refractivity contribution in [3.05, 3.63) is 11.3 Å². The van der Waals surface area contributed by atoms with Crippen LogP contribution in [0.4, 0.5) is 5.82 Å². The molecule has 2 heterocycles. The van der Waals surface area contributed by atoms with Gasteiger partial charge in [-0.05, 0) is 39.5 Å². The van der Waals surface area contributed by atoms with Crippen LogP contribution < -0.4 is 10.6 Å². The summed E-state index contributed by atoms with van der Waals surface area (Å²) >= 11 is 0. The highest BCUT2D eigenvalue weighted by molar-refractivity contribution is 5.50. The van der Waals surface area contributed by atoms with Gasteiger partial charge in [0.15, 0.2) is 0 Å². The summed E-state index contributed by atoms with van der Waals surface area (Å²) in [6, 6.07) is 0.149. The number of ether oxygens (including phenoxy) is 1. The molecule has 1 aliphatic heterocycles. The van der Waals surface area contributed by atoms with Crippen molar-refractivity contribution in [2.75, 3.05) is 25.1 Å². The predicted octanol–water partition coefficient (Wildman–Crippen LogP) is 1.62. The molecule has 0 saturated carbocycles. The number of aromatic nitrogens is 2. The first-order valence-electron chi connectivity index (χ1n) is 7.59. The second-order valence-electron chi connectivity index (χ2n) is 6.06. The van der Waals surface area contributed by atoms with Gasteiger partial charge < -0.3 is 15.4 Å². The van der Waals surface area contributed by atoms with E-state index in [0.717, 1.165) is 31.7 Å². The fraction of sp³-hybridized carbons (Fsp3) is 0.800. The number of hydrogen-bond acceptors (Lipinski definition) is 4. The van der Waals surface area contributed by atoms with Crippen molar-refractivity contribution in [2.45, 2.75) is 51.7 Å². The zero-order valence-corrected chi connectivity index (χ0v) is 13.2. The topological polar surface area (TPSA) is 56.3 Å². The van der Waals surface area contributed by atoms with Gasteiger partial charge in [0, 0.05) is 38.9 Å². The van der Waals surface area contributed by atoms with Gasteiger partial charge in [0.05, 0.1) is 11.8 Å². The van der Waals surface area contributed by atoms with E-state index >= 15 is 0 Å². The fourth-order valence-corrected chi connectivity index (χ4v) is 3.07. The van der Waals surface area contributed by atoms with E-state index in [1.165, 1.54) is 24.2 Å². The number of anilines is 1. The van der Waals surface area contributed by atoms with Crippen LogP contribution in [0, 0.1) is 6.92 Å². The third kappa shape index (κ3) is 3.52. The van der Waals surface area contributed by atoms with Gasteiger partial charge in [-0.3, -0.25) is 4.68 Å². The molecule has 0 aliphatic carbocycles. The lowest BCUT2D eigenvalue weighted by atomic mass is 10.1. The molecule has 0 radical (unpaired) electrons. The largest absolute Gasteiger partial charge is 0.376 e. The molecule has 2 unspecified atom stereocenters. The first-order valence-corrected chi connectivity index (χ1v) is 7.59.